The topological polar surface area (TPSA) is 66.2 Å². The zero-order chi connectivity index (χ0) is 12.3. The molecular formula is C10H18N2O3. The Morgan fingerprint density at radius 2 is 1.27 bits per heavy atom. The van der Waals surface area contributed by atoms with E-state index in [-0.39, 0.29) is 0 Å². The first kappa shape index (κ1) is 15.8. The summed E-state index contributed by atoms with van der Waals surface area (Å²) in [7, 11) is 2.17. The molecule has 0 aromatic heterocycles. The maximum Gasteiger partial charge on any atom is 0.0973 e. The second-order valence-electron chi connectivity index (χ2n) is 3.26. The van der Waals surface area contributed by atoms with E-state index in [9.17, 15) is 0 Å². The molecule has 0 aliphatic heterocycles. The Kier molecular flexibility index (Phi) is 9.45. The number of quaternary nitrogens is 1. The Hall–Kier alpha value is -1.62. The van der Waals surface area contributed by atoms with Crippen LogP contribution in [0.15, 0.2) is 38.0 Å². The summed E-state index contributed by atoms with van der Waals surface area (Å²) < 4.78 is 0.927. The maximum atomic E-state index is 8.25. The zero-order valence-electron chi connectivity index (χ0n) is 9.09. The standard InChI is InChI=1S/C10H18N.NO3/c1-5-8-11(4,9-6-2)10-7-3;2-1(3)4/h5-7H,1-3,8-10H2,4H3;/q+1;-1. The molecule has 0 atom stereocenters. The van der Waals surface area contributed by atoms with Gasteiger partial charge in [0.1, 0.15) is 0 Å². The van der Waals surface area contributed by atoms with Gasteiger partial charge in [-0.3, -0.25) is 0 Å². The highest BCUT2D eigenvalue weighted by molar-refractivity contribution is 4.74. The van der Waals surface area contributed by atoms with Crippen LogP contribution in [-0.2, 0) is 0 Å². The molecule has 0 saturated carbocycles. The Morgan fingerprint density at radius 3 is 1.40 bits per heavy atom. The van der Waals surface area contributed by atoms with Gasteiger partial charge in [-0.15, -0.1) is 0 Å². The summed E-state index contributed by atoms with van der Waals surface area (Å²) in [5.41, 5.74) is 0. The van der Waals surface area contributed by atoms with Crippen molar-refractivity contribution < 1.29 is 9.57 Å². The van der Waals surface area contributed by atoms with Crippen LogP contribution < -0.4 is 0 Å². The summed E-state index contributed by atoms with van der Waals surface area (Å²) in [6.45, 7) is 14.1. The smallest absolute Gasteiger partial charge is 0.0973 e. The van der Waals surface area contributed by atoms with Crippen LogP contribution in [0, 0.1) is 15.3 Å². The summed E-state index contributed by atoms with van der Waals surface area (Å²) in [5, 5.41) is 14.8. The fraction of sp³-hybridized carbons (Fsp3) is 0.400. The van der Waals surface area contributed by atoms with Gasteiger partial charge in [0.2, 0.25) is 0 Å². The molecule has 0 aliphatic rings. The van der Waals surface area contributed by atoms with E-state index >= 15 is 0 Å². The van der Waals surface area contributed by atoms with E-state index in [1.54, 1.807) is 0 Å². The fourth-order valence-electron chi connectivity index (χ4n) is 1.16. The molecule has 5 heteroatoms. The molecule has 5 nitrogen and oxygen atoms in total. The molecule has 0 fully saturated rings. The monoisotopic (exact) mass is 214 g/mol. The molecule has 0 heterocycles. The van der Waals surface area contributed by atoms with Crippen LogP contribution in [0.25, 0.3) is 0 Å². The van der Waals surface area contributed by atoms with Gasteiger partial charge >= 0.3 is 0 Å². The van der Waals surface area contributed by atoms with Crippen molar-refractivity contribution in [2.24, 2.45) is 0 Å². The van der Waals surface area contributed by atoms with Gasteiger partial charge in [0.25, 0.3) is 0 Å². The minimum absolute atomic E-state index is 0.927. The van der Waals surface area contributed by atoms with E-state index in [1.807, 2.05) is 18.2 Å². The third-order valence-corrected chi connectivity index (χ3v) is 1.71. The molecule has 0 N–H and O–H groups in total. The number of hydrogen-bond acceptors (Lipinski definition) is 3. The average Bonchev–Trinajstić information content (AvgIpc) is 2.03. The Labute approximate surface area is 90.3 Å². The van der Waals surface area contributed by atoms with E-state index in [2.05, 4.69) is 26.8 Å². The van der Waals surface area contributed by atoms with Crippen LogP contribution in [0.1, 0.15) is 0 Å². The van der Waals surface area contributed by atoms with E-state index in [4.69, 9.17) is 15.3 Å². The molecule has 0 spiro atoms. The number of rotatable bonds is 6. The van der Waals surface area contributed by atoms with Gasteiger partial charge < -0.3 is 19.8 Å². The molecule has 0 amide bonds. The molecule has 0 aromatic rings. The second kappa shape index (κ2) is 8.96. The molecule has 15 heavy (non-hydrogen) atoms. The maximum absolute atomic E-state index is 8.25. The molecule has 0 aromatic carbocycles. The van der Waals surface area contributed by atoms with Crippen molar-refractivity contribution in [1.82, 2.24) is 0 Å². The minimum Gasteiger partial charge on any atom is -0.356 e. The summed E-state index contributed by atoms with van der Waals surface area (Å²) in [6.07, 6.45) is 5.81. The van der Waals surface area contributed by atoms with Gasteiger partial charge in [-0.25, -0.2) is 0 Å². The van der Waals surface area contributed by atoms with Gasteiger partial charge in [-0.05, 0) is 18.2 Å². The lowest BCUT2D eigenvalue weighted by atomic mass is 10.3. The summed E-state index contributed by atoms with van der Waals surface area (Å²) in [4.78, 5) is 8.25. The van der Waals surface area contributed by atoms with Crippen molar-refractivity contribution in [2.45, 2.75) is 0 Å². The van der Waals surface area contributed by atoms with Crippen molar-refractivity contribution in [2.75, 3.05) is 26.7 Å². The van der Waals surface area contributed by atoms with Gasteiger partial charge in [-0.2, -0.15) is 0 Å². The Bertz CT molecular complexity index is 196. The quantitative estimate of drug-likeness (QED) is 0.293. The highest BCUT2D eigenvalue weighted by Gasteiger charge is 2.14. The lowest BCUT2D eigenvalue weighted by molar-refractivity contribution is -0.892. The molecule has 0 bridgehead atoms. The normalized spacial score (nSPS) is 9.40. The van der Waals surface area contributed by atoms with Crippen molar-refractivity contribution in [1.29, 1.82) is 0 Å². The SMILES string of the molecule is C=CC[N+](C)(CC=C)CC=C.O=[N+]([O-])[O-]. The first-order valence-electron chi connectivity index (χ1n) is 4.39. The van der Waals surface area contributed by atoms with Crippen LogP contribution in [0.4, 0.5) is 0 Å². The number of likely N-dealkylation sites (N-methyl/N-ethyl adjacent to an activating group) is 1. The van der Waals surface area contributed by atoms with Crippen molar-refractivity contribution >= 4 is 0 Å². The van der Waals surface area contributed by atoms with Crippen LogP contribution in [0.5, 0.6) is 0 Å². The average molecular weight is 214 g/mol. The van der Waals surface area contributed by atoms with E-state index in [1.165, 1.54) is 0 Å². The van der Waals surface area contributed by atoms with E-state index in [0.717, 1.165) is 24.1 Å². The van der Waals surface area contributed by atoms with Gasteiger partial charge in [0.15, 0.2) is 0 Å². The minimum atomic E-state index is -1.75. The molecular weight excluding hydrogens is 196 g/mol. The summed E-state index contributed by atoms with van der Waals surface area (Å²) in [5.74, 6) is 0. The second-order valence-corrected chi connectivity index (χ2v) is 3.26. The molecule has 0 rings (SSSR count). The van der Waals surface area contributed by atoms with Crippen molar-refractivity contribution in [3.05, 3.63) is 53.3 Å². The number of hydrogen-bond donors (Lipinski definition) is 0. The van der Waals surface area contributed by atoms with Crippen LogP contribution >= 0.6 is 0 Å². The predicted molar refractivity (Wildman–Crippen MR) is 61.7 cm³/mol. The van der Waals surface area contributed by atoms with Gasteiger partial charge in [0, 0.05) is 0 Å². The van der Waals surface area contributed by atoms with E-state index in [0.29, 0.717) is 0 Å². The molecule has 86 valence electrons. The Balaban J connectivity index is 0. The molecule has 0 saturated heterocycles. The van der Waals surface area contributed by atoms with Crippen LogP contribution in [-0.4, -0.2) is 36.3 Å². The van der Waals surface area contributed by atoms with Crippen LogP contribution in [0.3, 0.4) is 0 Å². The first-order valence-corrected chi connectivity index (χ1v) is 4.39. The van der Waals surface area contributed by atoms with Gasteiger partial charge in [-0.1, -0.05) is 19.7 Å². The molecule has 0 aliphatic carbocycles. The lowest BCUT2D eigenvalue weighted by Gasteiger charge is -2.30. The fourth-order valence-corrected chi connectivity index (χ4v) is 1.16. The van der Waals surface area contributed by atoms with Crippen molar-refractivity contribution in [3.63, 3.8) is 0 Å². The van der Waals surface area contributed by atoms with Gasteiger partial charge in [0.05, 0.1) is 31.8 Å². The molecule has 0 radical (unpaired) electrons. The van der Waals surface area contributed by atoms with Crippen LogP contribution in [0.2, 0.25) is 0 Å². The largest absolute Gasteiger partial charge is 0.356 e. The first-order chi connectivity index (χ1) is 6.91. The predicted octanol–water partition coefficient (Wildman–Crippen LogP) is 1.75. The lowest BCUT2D eigenvalue weighted by Crippen LogP contribution is -2.44. The summed E-state index contributed by atoms with van der Waals surface area (Å²) in [6, 6.07) is 0. The Morgan fingerprint density at radius 1 is 1.07 bits per heavy atom. The van der Waals surface area contributed by atoms with Crippen molar-refractivity contribution in [3.8, 4) is 0 Å². The zero-order valence-corrected chi connectivity index (χ0v) is 9.09. The third-order valence-electron chi connectivity index (χ3n) is 1.71. The van der Waals surface area contributed by atoms with E-state index < -0.39 is 5.09 Å². The number of nitrogens with zero attached hydrogens (tertiary/aromatic N) is 2. The highest BCUT2D eigenvalue weighted by Crippen LogP contribution is 2.01. The highest BCUT2D eigenvalue weighted by atomic mass is 16.9. The molecule has 0 unspecified atom stereocenters. The summed E-state index contributed by atoms with van der Waals surface area (Å²) >= 11 is 0. The third kappa shape index (κ3) is 12.4.